The molecular formula is C9H18N4O3. The van der Waals surface area contributed by atoms with Crippen LogP contribution in [0.25, 0.3) is 0 Å². The van der Waals surface area contributed by atoms with Gasteiger partial charge in [0.2, 0.25) is 5.91 Å². The molecule has 1 aliphatic rings. The maximum absolute atomic E-state index is 12.1. The Balaban J connectivity index is 2.90. The van der Waals surface area contributed by atoms with Crippen LogP contribution >= 0.6 is 0 Å². The zero-order valence-electron chi connectivity index (χ0n) is 9.56. The molecule has 0 spiro atoms. The zero-order chi connectivity index (χ0) is 12.2. The molecule has 1 amide bonds. The first kappa shape index (κ1) is 12.7. The van der Waals surface area contributed by atoms with Crippen molar-refractivity contribution in [2.24, 2.45) is 16.3 Å². The zero-order valence-corrected chi connectivity index (χ0v) is 9.56. The molecule has 0 aromatic carbocycles. The minimum absolute atomic E-state index is 0.0600. The van der Waals surface area contributed by atoms with E-state index in [-0.39, 0.29) is 11.7 Å². The molecule has 0 aliphatic carbocycles. The quantitative estimate of drug-likeness (QED) is 0.253. The Bertz CT molecular complexity index is 284. The fourth-order valence-electron chi connectivity index (χ4n) is 1.73. The highest BCUT2D eigenvalue weighted by atomic mass is 16.5. The second-order valence-electron chi connectivity index (χ2n) is 4.02. The van der Waals surface area contributed by atoms with Gasteiger partial charge < -0.3 is 15.7 Å². The summed E-state index contributed by atoms with van der Waals surface area (Å²) in [6.07, 6.45) is 0.838. The molecule has 1 rings (SSSR count). The van der Waals surface area contributed by atoms with Crippen molar-refractivity contribution >= 4 is 11.7 Å². The van der Waals surface area contributed by atoms with Crippen LogP contribution in [0.3, 0.4) is 0 Å². The molecule has 92 valence electrons. The Morgan fingerprint density at radius 2 is 2.06 bits per heavy atom. The van der Waals surface area contributed by atoms with Crippen LogP contribution in [0.2, 0.25) is 0 Å². The molecule has 0 unspecified atom stereocenters. The molecule has 0 aromatic heterocycles. The first-order valence-corrected chi connectivity index (χ1v) is 5.07. The van der Waals surface area contributed by atoms with Crippen LogP contribution in [0.1, 0.15) is 12.8 Å². The predicted molar refractivity (Wildman–Crippen MR) is 57.7 cm³/mol. The second-order valence-corrected chi connectivity index (χ2v) is 4.02. The summed E-state index contributed by atoms with van der Waals surface area (Å²) in [7, 11) is 3.41. The maximum Gasteiger partial charge on any atom is 0.248 e. The van der Waals surface area contributed by atoms with E-state index in [0.717, 1.165) is 0 Å². The maximum atomic E-state index is 12.1. The summed E-state index contributed by atoms with van der Waals surface area (Å²) in [6.45, 7) is 0.855. The van der Waals surface area contributed by atoms with E-state index in [0.29, 0.717) is 26.1 Å². The molecule has 0 aromatic rings. The van der Waals surface area contributed by atoms with Crippen LogP contribution in [0.15, 0.2) is 5.16 Å². The third-order valence-corrected chi connectivity index (χ3v) is 2.70. The number of amidine groups is 1. The van der Waals surface area contributed by atoms with Crippen molar-refractivity contribution in [3.63, 3.8) is 0 Å². The smallest absolute Gasteiger partial charge is 0.248 e. The topological polar surface area (TPSA) is 100 Å². The normalized spacial score (nSPS) is 20.8. The minimum atomic E-state index is -0.961. The lowest BCUT2D eigenvalue weighted by Gasteiger charge is -2.35. The molecular weight excluding hydrogens is 212 g/mol. The van der Waals surface area contributed by atoms with Crippen LogP contribution in [0.5, 0.6) is 0 Å². The summed E-state index contributed by atoms with van der Waals surface area (Å²) in [5.41, 5.74) is 7.30. The molecule has 7 heteroatoms. The lowest BCUT2D eigenvalue weighted by Crippen LogP contribution is -2.55. The van der Waals surface area contributed by atoms with Gasteiger partial charge >= 0.3 is 0 Å². The molecule has 7 nitrogen and oxygen atoms in total. The van der Waals surface area contributed by atoms with E-state index in [4.69, 9.17) is 15.7 Å². The van der Waals surface area contributed by atoms with Crippen molar-refractivity contribution in [3.8, 4) is 0 Å². The fourth-order valence-corrected chi connectivity index (χ4v) is 1.73. The lowest BCUT2D eigenvalue weighted by atomic mass is 9.78. The number of hydrogen-bond donors (Lipinski definition) is 3. The molecule has 16 heavy (non-hydrogen) atoms. The van der Waals surface area contributed by atoms with Gasteiger partial charge in [0.05, 0.1) is 0 Å². The second kappa shape index (κ2) is 5.13. The molecule has 1 fully saturated rings. The Morgan fingerprint density at radius 1 is 1.50 bits per heavy atom. The Kier molecular flexibility index (Phi) is 4.08. The van der Waals surface area contributed by atoms with Crippen LogP contribution in [-0.2, 0) is 9.53 Å². The van der Waals surface area contributed by atoms with E-state index in [1.807, 2.05) is 0 Å². The Labute approximate surface area is 94.2 Å². The number of oxime groups is 1. The number of hydrogen-bond acceptors (Lipinski definition) is 5. The Morgan fingerprint density at radius 3 is 2.50 bits per heavy atom. The van der Waals surface area contributed by atoms with Crippen LogP contribution in [0, 0.1) is 5.41 Å². The van der Waals surface area contributed by atoms with E-state index in [9.17, 15) is 4.79 Å². The van der Waals surface area contributed by atoms with Gasteiger partial charge in [-0.2, -0.15) is 0 Å². The van der Waals surface area contributed by atoms with Crippen LogP contribution in [-0.4, -0.2) is 49.3 Å². The number of nitrogens with two attached hydrogens (primary N) is 1. The van der Waals surface area contributed by atoms with Crippen LogP contribution in [0.4, 0.5) is 0 Å². The van der Waals surface area contributed by atoms with Gasteiger partial charge in [-0.15, -0.1) is 0 Å². The largest absolute Gasteiger partial charge is 0.409 e. The lowest BCUT2D eigenvalue weighted by molar-refractivity contribution is -0.135. The first-order valence-electron chi connectivity index (χ1n) is 5.07. The number of carbonyl (C=O) groups is 1. The van der Waals surface area contributed by atoms with E-state index >= 15 is 0 Å². The van der Waals surface area contributed by atoms with Gasteiger partial charge in [0.25, 0.3) is 0 Å². The minimum Gasteiger partial charge on any atom is -0.409 e. The van der Waals surface area contributed by atoms with Crippen molar-refractivity contribution in [1.82, 2.24) is 10.4 Å². The summed E-state index contributed by atoms with van der Waals surface area (Å²) in [4.78, 5) is 12.1. The standard InChI is InChI=1S/C9H18N4O3/c1-13(2)11-8(14)9(7(10)12-15)3-5-16-6-4-9/h15H,3-6H2,1-2H3,(H2,10,12)(H,11,14). The highest BCUT2D eigenvalue weighted by molar-refractivity contribution is 6.06. The fraction of sp³-hybridized carbons (Fsp3) is 0.778. The molecule has 1 aliphatic heterocycles. The number of ether oxygens (including phenoxy) is 1. The Hall–Kier alpha value is -1.34. The summed E-state index contributed by atoms with van der Waals surface area (Å²) >= 11 is 0. The van der Waals surface area contributed by atoms with Gasteiger partial charge in [-0.1, -0.05) is 5.16 Å². The predicted octanol–water partition coefficient (Wildman–Crippen LogP) is -0.878. The van der Waals surface area contributed by atoms with E-state index < -0.39 is 5.41 Å². The monoisotopic (exact) mass is 230 g/mol. The van der Waals surface area contributed by atoms with Gasteiger partial charge in [0, 0.05) is 27.3 Å². The number of amides is 1. The van der Waals surface area contributed by atoms with E-state index in [1.54, 1.807) is 14.1 Å². The van der Waals surface area contributed by atoms with E-state index in [2.05, 4.69) is 10.6 Å². The van der Waals surface area contributed by atoms with Gasteiger partial charge in [-0.05, 0) is 12.8 Å². The number of nitrogens with one attached hydrogen (secondary N) is 1. The summed E-state index contributed by atoms with van der Waals surface area (Å²) < 4.78 is 5.19. The van der Waals surface area contributed by atoms with Crippen molar-refractivity contribution in [2.45, 2.75) is 12.8 Å². The third-order valence-electron chi connectivity index (χ3n) is 2.70. The molecule has 0 saturated carbocycles. The molecule has 0 radical (unpaired) electrons. The summed E-state index contributed by atoms with van der Waals surface area (Å²) in [6, 6.07) is 0. The van der Waals surface area contributed by atoms with E-state index in [1.165, 1.54) is 5.01 Å². The van der Waals surface area contributed by atoms with Crippen molar-refractivity contribution < 1.29 is 14.7 Å². The van der Waals surface area contributed by atoms with Gasteiger partial charge in [0.15, 0.2) is 5.84 Å². The molecule has 1 saturated heterocycles. The molecule has 0 atom stereocenters. The van der Waals surface area contributed by atoms with Gasteiger partial charge in [-0.3, -0.25) is 10.2 Å². The molecule has 1 heterocycles. The third kappa shape index (κ3) is 2.42. The molecule has 4 N–H and O–H groups in total. The highest BCUT2D eigenvalue weighted by Gasteiger charge is 2.44. The summed E-state index contributed by atoms with van der Waals surface area (Å²) in [5, 5.41) is 13.3. The average Bonchev–Trinajstić information content (AvgIpc) is 2.28. The highest BCUT2D eigenvalue weighted by Crippen LogP contribution is 2.31. The summed E-state index contributed by atoms with van der Waals surface area (Å²) in [5.74, 6) is -0.328. The first-order chi connectivity index (χ1) is 7.53. The van der Waals surface area contributed by atoms with Gasteiger partial charge in [0.1, 0.15) is 5.41 Å². The number of rotatable bonds is 3. The van der Waals surface area contributed by atoms with Crippen molar-refractivity contribution in [2.75, 3.05) is 27.3 Å². The van der Waals surface area contributed by atoms with Crippen molar-refractivity contribution in [1.29, 1.82) is 0 Å². The average molecular weight is 230 g/mol. The number of nitrogens with zero attached hydrogens (tertiary/aromatic N) is 2. The molecule has 0 bridgehead atoms. The SMILES string of the molecule is CN(C)NC(=O)C1(C(N)=NO)CCOCC1. The van der Waals surface area contributed by atoms with Crippen LogP contribution < -0.4 is 11.2 Å². The number of hydrazine groups is 1. The van der Waals surface area contributed by atoms with Crippen molar-refractivity contribution in [3.05, 3.63) is 0 Å². The number of carbonyl (C=O) groups excluding carboxylic acids is 1. The van der Waals surface area contributed by atoms with Gasteiger partial charge in [-0.25, -0.2) is 5.01 Å².